The Morgan fingerprint density at radius 1 is 1.06 bits per heavy atom. The molecule has 0 spiro atoms. The van der Waals surface area contributed by atoms with Gasteiger partial charge in [-0.3, -0.25) is 9.59 Å². The van der Waals surface area contributed by atoms with Gasteiger partial charge in [-0.2, -0.15) is 0 Å². The van der Waals surface area contributed by atoms with Crippen molar-refractivity contribution in [2.45, 2.75) is 25.8 Å². The van der Waals surface area contributed by atoms with Gasteiger partial charge in [-0.1, -0.05) is 0 Å². The minimum absolute atomic E-state index is 0.000606. The topological polar surface area (TPSA) is 134 Å². The maximum Gasteiger partial charge on any atom is 0.353 e. The van der Waals surface area contributed by atoms with Crippen LogP contribution in [0.25, 0.3) is 33.1 Å². The van der Waals surface area contributed by atoms with Crippen molar-refractivity contribution >= 4 is 27.9 Å². The fourth-order valence-electron chi connectivity index (χ4n) is 5.06. The highest BCUT2D eigenvalue weighted by Crippen LogP contribution is 2.38. The third-order valence-corrected chi connectivity index (χ3v) is 6.52. The first kappa shape index (κ1) is 20.1. The number of benzene rings is 1. The number of pyridine rings is 2. The summed E-state index contributed by atoms with van der Waals surface area (Å²) >= 11 is 0. The number of nitrogens with one attached hydrogen (secondary N) is 2. The number of aromatic carboxylic acids is 1. The summed E-state index contributed by atoms with van der Waals surface area (Å²) in [5, 5.41) is 11.3. The number of aromatic amines is 2. The molecule has 1 aromatic carbocycles. The summed E-state index contributed by atoms with van der Waals surface area (Å²) in [6.45, 7) is 0.107. The SMILES string of the molecule is O=C(O)c1c(-c2ccc[nH]c2=O)c2cc3c(cc2n1Cc1ccnc2nc[nH]c(=O)c12)CCC3. The Kier molecular flexibility index (Phi) is 4.44. The smallest absolute Gasteiger partial charge is 0.353 e. The number of hydrogen-bond donors (Lipinski definition) is 3. The summed E-state index contributed by atoms with van der Waals surface area (Å²) in [7, 11) is 0. The number of rotatable bonds is 4. The second kappa shape index (κ2) is 7.51. The minimum atomic E-state index is -1.15. The van der Waals surface area contributed by atoms with E-state index in [1.165, 1.54) is 23.7 Å². The number of carbonyl (C=O) groups is 1. The summed E-state index contributed by atoms with van der Waals surface area (Å²) in [6, 6.07) is 9.05. The zero-order valence-corrected chi connectivity index (χ0v) is 18.0. The number of aromatic nitrogens is 5. The highest BCUT2D eigenvalue weighted by molar-refractivity contribution is 6.08. The molecule has 0 aliphatic heterocycles. The van der Waals surface area contributed by atoms with E-state index < -0.39 is 5.97 Å². The van der Waals surface area contributed by atoms with Gasteiger partial charge in [0.15, 0.2) is 5.65 Å². The molecule has 0 radical (unpaired) electrons. The number of carboxylic acids is 1. The molecule has 34 heavy (non-hydrogen) atoms. The quantitative estimate of drug-likeness (QED) is 0.383. The van der Waals surface area contributed by atoms with E-state index in [2.05, 4.69) is 19.9 Å². The van der Waals surface area contributed by atoms with Gasteiger partial charge in [0.2, 0.25) is 0 Å². The molecular formula is C25H19N5O4. The van der Waals surface area contributed by atoms with Crippen LogP contribution >= 0.6 is 0 Å². The van der Waals surface area contributed by atoms with Gasteiger partial charge in [0.05, 0.1) is 11.7 Å². The zero-order chi connectivity index (χ0) is 23.4. The molecule has 0 bridgehead atoms. The normalized spacial score (nSPS) is 12.9. The van der Waals surface area contributed by atoms with Crippen LogP contribution in [0.2, 0.25) is 0 Å². The van der Waals surface area contributed by atoms with E-state index in [0.717, 1.165) is 19.3 Å². The van der Waals surface area contributed by atoms with Crippen molar-refractivity contribution in [1.29, 1.82) is 0 Å². The molecule has 4 heterocycles. The highest BCUT2D eigenvalue weighted by atomic mass is 16.4. The Morgan fingerprint density at radius 2 is 1.88 bits per heavy atom. The van der Waals surface area contributed by atoms with Crippen molar-refractivity contribution in [2.24, 2.45) is 0 Å². The molecule has 0 saturated heterocycles. The van der Waals surface area contributed by atoms with E-state index in [1.54, 1.807) is 29.0 Å². The van der Waals surface area contributed by atoms with Crippen molar-refractivity contribution in [1.82, 2.24) is 24.5 Å². The molecule has 1 aliphatic carbocycles. The lowest BCUT2D eigenvalue weighted by atomic mass is 10.00. The molecule has 168 valence electrons. The van der Waals surface area contributed by atoms with Crippen LogP contribution in [0.15, 0.2) is 58.6 Å². The van der Waals surface area contributed by atoms with E-state index in [9.17, 15) is 19.5 Å². The minimum Gasteiger partial charge on any atom is -0.477 e. The first-order valence-electron chi connectivity index (χ1n) is 10.9. The number of hydrogen-bond acceptors (Lipinski definition) is 5. The molecule has 0 atom stereocenters. The van der Waals surface area contributed by atoms with E-state index in [0.29, 0.717) is 33.0 Å². The number of aryl methyl sites for hydroxylation is 2. The van der Waals surface area contributed by atoms with E-state index in [-0.39, 0.29) is 29.0 Å². The van der Waals surface area contributed by atoms with Gasteiger partial charge in [-0.05, 0) is 66.3 Å². The summed E-state index contributed by atoms with van der Waals surface area (Å²) < 4.78 is 1.68. The number of carboxylic acid groups (broad SMARTS) is 1. The molecule has 9 heteroatoms. The lowest BCUT2D eigenvalue weighted by molar-refractivity contribution is 0.0687. The van der Waals surface area contributed by atoms with Crippen molar-refractivity contribution < 1.29 is 9.90 Å². The van der Waals surface area contributed by atoms with Crippen LogP contribution in [0.4, 0.5) is 0 Å². The van der Waals surface area contributed by atoms with Crippen LogP contribution in [0.3, 0.4) is 0 Å². The van der Waals surface area contributed by atoms with E-state index >= 15 is 0 Å². The second-order valence-electron chi connectivity index (χ2n) is 8.42. The van der Waals surface area contributed by atoms with Gasteiger partial charge in [0.1, 0.15) is 5.69 Å². The first-order chi connectivity index (χ1) is 16.5. The molecule has 0 saturated carbocycles. The van der Waals surface area contributed by atoms with Crippen LogP contribution in [0, 0.1) is 0 Å². The molecule has 6 rings (SSSR count). The molecule has 5 aromatic rings. The average molecular weight is 453 g/mol. The largest absolute Gasteiger partial charge is 0.477 e. The molecule has 0 fully saturated rings. The monoisotopic (exact) mass is 453 g/mol. The van der Waals surface area contributed by atoms with Crippen molar-refractivity contribution in [3.05, 3.63) is 92.1 Å². The van der Waals surface area contributed by atoms with Gasteiger partial charge in [0.25, 0.3) is 11.1 Å². The van der Waals surface area contributed by atoms with Gasteiger partial charge in [0, 0.05) is 41.0 Å². The Labute approximate surface area is 191 Å². The molecule has 1 aliphatic rings. The average Bonchev–Trinajstić information content (AvgIpc) is 3.40. The maximum absolute atomic E-state index is 12.7. The fraction of sp³-hybridized carbons (Fsp3) is 0.160. The van der Waals surface area contributed by atoms with E-state index in [4.69, 9.17) is 0 Å². The highest BCUT2D eigenvalue weighted by Gasteiger charge is 2.27. The summed E-state index contributed by atoms with van der Waals surface area (Å²) in [4.78, 5) is 51.5. The number of nitrogens with zero attached hydrogens (tertiary/aromatic N) is 3. The standard InChI is InChI=1S/C25H19N5O4/c31-23-16(5-2-7-27-23)20-17-9-13-3-1-4-14(13)10-18(17)30(21(20)25(33)34)11-15-6-8-26-22-19(15)24(32)29-12-28-22/h2,5-10,12H,1,3-4,11H2,(H,27,31)(H,33,34)(H,26,28,29,32). The number of H-pyrrole nitrogens is 2. The van der Waals surface area contributed by atoms with Crippen LogP contribution in [-0.2, 0) is 19.4 Å². The van der Waals surface area contributed by atoms with Gasteiger partial charge >= 0.3 is 5.97 Å². The Bertz CT molecular complexity index is 1740. The molecular weight excluding hydrogens is 434 g/mol. The molecule has 4 aromatic heterocycles. The molecule has 3 N–H and O–H groups in total. The molecule has 0 unspecified atom stereocenters. The van der Waals surface area contributed by atoms with Crippen LogP contribution in [0.1, 0.15) is 33.6 Å². The van der Waals surface area contributed by atoms with Crippen molar-refractivity contribution in [3.8, 4) is 11.1 Å². The van der Waals surface area contributed by atoms with Crippen LogP contribution in [0.5, 0.6) is 0 Å². The molecule has 9 nitrogen and oxygen atoms in total. The summed E-state index contributed by atoms with van der Waals surface area (Å²) in [6.07, 6.45) is 7.23. The number of fused-ring (bicyclic) bond motifs is 3. The van der Waals surface area contributed by atoms with Gasteiger partial charge in [-0.25, -0.2) is 14.8 Å². The van der Waals surface area contributed by atoms with E-state index in [1.807, 2.05) is 12.1 Å². The first-order valence-corrected chi connectivity index (χ1v) is 10.9. The fourth-order valence-corrected chi connectivity index (χ4v) is 5.06. The van der Waals surface area contributed by atoms with Crippen LogP contribution in [-0.4, -0.2) is 35.6 Å². The lowest BCUT2D eigenvalue weighted by Gasteiger charge is -2.11. The summed E-state index contributed by atoms with van der Waals surface area (Å²) in [5.41, 5.74) is 3.90. The second-order valence-corrected chi connectivity index (χ2v) is 8.42. The Hall–Kier alpha value is -4.53. The predicted molar refractivity (Wildman–Crippen MR) is 126 cm³/mol. The lowest BCUT2D eigenvalue weighted by Crippen LogP contribution is -2.15. The maximum atomic E-state index is 12.7. The van der Waals surface area contributed by atoms with Crippen molar-refractivity contribution in [2.75, 3.05) is 0 Å². The third-order valence-electron chi connectivity index (χ3n) is 6.52. The summed E-state index contributed by atoms with van der Waals surface area (Å²) in [5.74, 6) is -1.15. The van der Waals surface area contributed by atoms with Crippen molar-refractivity contribution in [3.63, 3.8) is 0 Å². The zero-order valence-electron chi connectivity index (χ0n) is 18.0. The Balaban J connectivity index is 1.71. The van der Waals surface area contributed by atoms with Gasteiger partial charge < -0.3 is 19.6 Å². The van der Waals surface area contributed by atoms with Crippen LogP contribution < -0.4 is 11.1 Å². The third kappa shape index (κ3) is 2.97. The Morgan fingerprint density at radius 3 is 2.68 bits per heavy atom. The molecule has 0 amide bonds. The van der Waals surface area contributed by atoms with Gasteiger partial charge in [-0.15, -0.1) is 0 Å². The predicted octanol–water partition coefficient (Wildman–Crippen LogP) is 2.86.